The molecule has 9 heteroatoms. The molecule has 3 aromatic heterocycles. The van der Waals surface area contributed by atoms with Gasteiger partial charge in [0.1, 0.15) is 15.5 Å². The van der Waals surface area contributed by atoms with Crippen LogP contribution in [0.1, 0.15) is 52.2 Å². The summed E-state index contributed by atoms with van der Waals surface area (Å²) >= 11 is 1.19. The Hall–Kier alpha value is -2.68. The molecule has 0 aromatic carbocycles. The standard InChI is InChI=1S/C20H19F3N4OS/c21-20(22,23)12-7-8-15(25-10-12)27-18(28)17-16(24)13-9-11-5-3-1-2-4-6-14(11)26-19(13)29-17/h7-10H,1-6,24H2,(H,25,27,28). The summed E-state index contributed by atoms with van der Waals surface area (Å²) in [6, 6.07) is 4.02. The van der Waals surface area contributed by atoms with Gasteiger partial charge in [-0.3, -0.25) is 4.79 Å². The number of thiophene rings is 1. The second kappa shape index (κ2) is 7.62. The number of nitrogens with one attached hydrogen (secondary N) is 1. The second-order valence-electron chi connectivity index (χ2n) is 7.09. The molecule has 0 aliphatic heterocycles. The predicted octanol–water partition coefficient (Wildman–Crippen LogP) is 5.20. The highest BCUT2D eigenvalue weighted by molar-refractivity contribution is 7.21. The molecule has 1 aliphatic rings. The fraction of sp³-hybridized carbons (Fsp3) is 0.350. The maximum Gasteiger partial charge on any atom is 0.417 e. The van der Waals surface area contributed by atoms with Gasteiger partial charge in [0.25, 0.3) is 5.91 Å². The van der Waals surface area contributed by atoms with Crippen molar-refractivity contribution in [1.29, 1.82) is 0 Å². The number of pyridine rings is 2. The molecule has 3 heterocycles. The minimum atomic E-state index is -4.48. The van der Waals surface area contributed by atoms with Gasteiger partial charge in [0.05, 0.1) is 11.3 Å². The maximum atomic E-state index is 12.6. The quantitative estimate of drug-likeness (QED) is 0.597. The van der Waals surface area contributed by atoms with Crippen LogP contribution < -0.4 is 11.1 Å². The van der Waals surface area contributed by atoms with Gasteiger partial charge >= 0.3 is 6.18 Å². The van der Waals surface area contributed by atoms with Crippen molar-refractivity contribution < 1.29 is 18.0 Å². The van der Waals surface area contributed by atoms with Gasteiger partial charge in [0, 0.05) is 17.3 Å². The third-order valence-corrected chi connectivity index (χ3v) is 6.15. The summed E-state index contributed by atoms with van der Waals surface area (Å²) in [4.78, 5) is 22.1. The van der Waals surface area contributed by atoms with Crippen molar-refractivity contribution in [3.05, 3.63) is 46.1 Å². The number of fused-ring (bicyclic) bond motifs is 2. The van der Waals surface area contributed by atoms with Gasteiger partial charge in [-0.05, 0) is 49.4 Å². The first kappa shape index (κ1) is 19.6. The third kappa shape index (κ3) is 4.05. The van der Waals surface area contributed by atoms with E-state index in [9.17, 15) is 18.0 Å². The molecule has 0 spiro atoms. The highest BCUT2D eigenvalue weighted by Crippen LogP contribution is 2.35. The summed E-state index contributed by atoms with van der Waals surface area (Å²) in [6.45, 7) is 0. The second-order valence-corrected chi connectivity index (χ2v) is 8.09. The molecule has 0 saturated carbocycles. The van der Waals surface area contributed by atoms with E-state index in [1.807, 2.05) is 6.07 Å². The lowest BCUT2D eigenvalue weighted by atomic mass is 9.96. The van der Waals surface area contributed by atoms with Gasteiger partial charge in [-0.15, -0.1) is 11.3 Å². The van der Waals surface area contributed by atoms with Crippen LogP contribution in [0, 0.1) is 0 Å². The van der Waals surface area contributed by atoms with Gasteiger partial charge in [0.2, 0.25) is 0 Å². The molecule has 29 heavy (non-hydrogen) atoms. The number of halogens is 3. The van der Waals surface area contributed by atoms with Crippen LogP contribution in [0.25, 0.3) is 10.2 Å². The van der Waals surface area contributed by atoms with Crippen LogP contribution in [0.15, 0.2) is 24.4 Å². The number of rotatable bonds is 2. The molecule has 1 amide bonds. The summed E-state index contributed by atoms with van der Waals surface area (Å²) in [5.74, 6) is -0.481. The molecule has 0 saturated heterocycles. The highest BCUT2D eigenvalue weighted by Gasteiger charge is 2.30. The zero-order valence-corrected chi connectivity index (χ0v) is 16.3. The van der Waals surface area contributed by atoms with E-state index < -0.39 is 17.6 Å². The lowest BCUT2D eigenvalue weighted by molar-refractivity contribution is -0.137. The number of carbonyl (C=O) groups excluding carboxylic acids is 1. The third-order valence-electron chi connectivity index (χ3n) is 5.04. The first-order valence-corrected chi connectivity index (χ1v) is 10.2. The lowest BCUT2D eigenvalue weighted by Crippen LogP contribution is -2.13. The maximum absolute atomic E-state index is 12.6. The normalized spacial score (nSPS) is 14.9. The summed E-state index contributed by atoms with van der Waals surface area (Å²) < 4.78 is 37.9. The van der Waals surface area contributed by atoms with Crippen molar-refractivity contribution in [2.45, 2.75) is 44.7 Å². The number of nitrogen functional groups attached to an aromatic ring is 1. The number of anilines is 2. The Morgan fingerprint density at radius 1 is 1.14 bits per heavy atom. The van der Waals surface area contributed by atoms with Crippen LogP contribution in [0.2, 0.25) is 0 Å². The van der Waals surface area contributed by atoms with E-state index >= 15 is 0 Å². The number of aryl methyl sites for hydroxylation is 2. The summed E-state index contributed by atoms with van der Waals surface area (Å²) in [5.41, 5.74) is 7.92. The van der Waals surface area contributed by atoms with Crippen molar-refractivity contribution >= 4 is 39.0 Å². The van der Waals surface area contributed by atoms with Crippen molar-refractivity contribution in [2.24, 2.45) is 0 Å². The van der Waals surface area contributed by atoms with E-state index in [1.54, 1.807) is 0 Å². The number of nitrogens with two attached hydrogens (primary N) is 1. The van der Waals surface area contributed by atoms with Gasteiger partial charge in [-0.25, -0.2) is 9.97 Å². The van der Waals surface area contributed by atoms with Crippen molar-refractivity contribution in [3.8, 4) is 0 Å². The van der Waals surface area contributed by atoms with E-state index in [0.717, 1.165) is 48.9 Å². The Balaban J connectivity index is 1.61. The predicted molar refractivity (Wildman–Crippen MR) is 107 cm³/mol. The van der Waals surface area contributed by atoms with E-state index in [4.69, 9.17) is 10.7 Å². The number of alkyl halides is 3. The van der Waals surface area contributed by atoms with Crippen LogP contribution in [0.4, 0.5) is 24.7 Å². The molecule has 5 nitrogen and oxygen atoms in total. The number of hydrogen-bond donors (Lipinski definition) is 2. The number of aromatic nitrogens is 2. The first-order chi connectivity index (χ1) is 13.8. The monoisotopic (exact) mass is 420 g/mol. The molecule has 0 bridgehead atoms. The van der Waals surface area contributed by atoms with E-state index in [1.165, 1.54) is 29.7 Å². The fourth-order valence-corrected chi connectivity index (χ4v) is 4.48. The van der Waals surface area contributed by atoms with Crippen molar-refractivity contribution in [1.82, 2.24) is 9.97 Å². The Kier molecular flexibility index (Phi) is 5.16. The molecule has 0 unspecified atom stereocenters. The molecular weight excluding hydrogens is 401 g/mol. The molecule has 0 fully saturated rings. The summed E-state index contributed by atoms with van der Waals surface area (Å²) in [7, 11) is 0. The van der Waals surface area contributed by atoms with E-state index in [0.29, 0.717) is 16.7 Å². The Morgan fingerprint density at radius 3 is 2.59 bits per heavy atom. The molecule has 1 aliphatic carbocycles. The van der Waals surface area contributed by atoms with Crippen LogP contribution in [0.5, 0.6) is 0 Å². The molecule has 3 N–H and O–H groups in total. The van der Waals surface area contributed by atoms with Crippen LogP contribution >= 0.6 is 11.3 Å². The molecular formula is C20H19F3N4OS. The molecule has 0 atom stereocenters. The van der Waals surface area contributed by atoms with Crippen LogP contribution in [-0.2, 0) is 19.0 Å². The molecule has 4 rings (SSSR count). The topological polar surface area (TPSA) is 80.9 Å². The van der Waals surface area contributed by atoms with Crippen LogP contribution in [0.3, 0.4) is 0 Å². The summed E-state index contributed by atoms with van der Waals surface area (Å²) in [6.07, 6.45) is 2.67. The van der Waals surface area contributed by atoms with Crippen LogP contribution in [-0.4, -0.2) is 15.9 Å². The minimum Gasteiger partial charge on any atom is -0.397 e. The van der Waals surface area contributed by atoms with Crippen molar-refractivity contribution in [3.63, 3.8) is 0 Å². The molecule has 0 radical (unpaired) electrons. The number of nitrogens with zero attached hydrogens (tertiary/aromatic N) is 2. The van der Waals surface area contributed by atoms with Gasteiger partial charge < -0.3 is 11.1 Å². The Morgan fingerprint density at radius 2 is 1.90 bits per heavy atom. The molecule has 3 aromatic rings. The van der Waals surface area contributed by atoms with E-state index in [2.05, 4.69) is 10.3 Å². The van der Waals surface area contributed by atoms with Gasteiger partial charge in [0.15, 0.2) is 0 Å². The smallest absolute Gasteiger partial charge is 0.397 e. The zero-order chi connectivity index (χ0) is 20.6. The fourth-order valence-electron chi connectivity index (χ4n) is 3.49. The largest absolute Gasteiger partial charge is 0.417 e. The number of carbonyl (C=O) groups is 1. The van der Waals surface area contributed by atoms with Gasteiger partial charge in [-0.1, -0.05) is 12.8 Å². The molecule has 152 valence electrons. The van der Waals surface area contributed by atoms with Crippen molar-refractivity contribution in [2.75, 3.05) is 11.1 Å². The zero-order valence-electron chi connectivity index (χ0n) is 15.5. The average Bonchev–Trinajstić information content (AvgIpc) is 2.97. The summed E-state index contributed by atoms with van der Waals surface area (Å²) in [5, 5.41) is 3.26. The van der Waals surface area contributed by atoms with Gasteiger partial charge in [-0.2, -0.15) is 13.2 Å². The number of amides is 1. The van der Waals surface area contributed by atoms with E-state index in [-0.39, 0.29) is 10.7 Å². The number of hydrogen-bond acceptors (Lipinski definition) is 5. The first-order valence-electron chi connectivity index (χ1n) is 9.38. The SMILES string of the molecule is Nc1c(C(=O)Nc2ccc(C(F)(F)F)cn2)sc2nc3c(cc12)CCCCCC3. The average molecular weight is 420 g/mol. The lowest BCUT2D eigenvalue weighted by Gasteiger charge is -2.12. The minimum absolute atomic E-state index is 0.0279. The highest BCUT2D eigenvalue weighted by atomic mass is 32.1. The Bertz CT molecular complexity index is 1060. The Labute approximate surface area is 169 Å².